The fourth-order valence-corrected chi connectivity index (χ4v) is 3.26. The van der Waals surface area contributed by atoms with E-state index in [0.717, 1.165) is 12.1 Å². The molecule has 0 saturated carbocycles. The van der Waals surface area contributed by atoms with Gasteiger partial charge in [0.15, 0.2) is 0 Å². The van der Waals surface area contributed by atoms with E-state index in [4.69, 9.17) is 10.5 Å². The van der Waals surface area contributed by atoms with E-state index in [1.807, 2.05) is 12.4 Å². The van der Waals surface area contributed by atoms with E-state index in [2.05, 4.69) is 20.5 Å². The molecule has 0 aliphatic heterocycles. The number of benzene rings is 1. The minimum atomic E-state index is -0.304. The van der Waals surface area contributed by atoms with Gasteiger partial charge in [0.2, 0.25) is 5.13 Å². The molecule has 3 rings (SSSR count). The predicted octanol–water partition coefficient (Wildman–Crippen LogP) is 2.76. The Labute approximate surface area is 146 Å². The summed E-state index contributed by atoms with van der Waals surface area (Å²) in [5.41, 5.74) is 11.1. The highest BCUT2D eigenvalue weighted by atomic mass is 32.1. The van der Waals surface area contributed by atoms with Gasteiger partial charge in [0.1, 0.15) is 11.3 Å². The lowest BCUT2D eigenvalue weighted by Gasteiger charge is -2.09. The number of nitrogens with one attached hydrogen (secondary N) is 1. The van der Waals surface area contributed by atoms with E-state index < -0.39 is 0 Å². The van der Waals surface area contributed by atoms with Gasteiger partial charge in [-0.2, -0.15) is 0 Å². The molecule has 1 aromatic carbocycles. The van der Waals surface area contributed by atoms with Crippen LogP contribution in [0.1, 0.15) is 20.9 Å². The molecule has 2 aromatic heterocycles. The normalized spacial score (nSPS) is 10.5. The Balaban J connectivity index is 1.65. The lowest BCUT2D eigenvalue weighted by molar-refractivity contribution is 0.102. The van der Waals surface area contributed by atoms with E-state index in [1.165, 1.54) is 16.2 Å². The summed E-state index contributed by atoms with van der Waals surface area (Å²) in [5, 5.41) is 10.6. The lowest BCUT2D eigenvalue weighted by Crippen LogP contribution is -2.12. The molecule has 0 bridgehead atoms. The molecule has 1 amide bonds. The second-order valence-electron chi connectivity index (χ2n) is 4.95. The van der Waals surface area contributed by atoms with Crippen LogP contribution in [0.4, 0.5) is 10.8 Å². The smallest absolute Gasteiger partial charge is 0.257 e. The van der Waals surface area contributed by atoms with Crippen LogP contribution >= 0.6 is 22.7 Å². The SMILES string of the molecule is Cc1ncsc1CCOc1cc(N)cc(C(=O)Nc2nncs2)c1. The molecule has 3 N–H and O–H groups in total. The molecule has 0 unspecified atom stereocenters. The van der Waals surface area contributed by atoms with Crippen molar-refractivity contribution in [3.63, 3.8) is 0 Å². The number of aromatic nitrogens is 3. The van der Waals surface area contributed by atoms with Gasteiger partial charge in [0.25, 0.3) is 5.91 Å². The maximum atomic E-state index is 12.2. The number of hydrogen-bond acceptors (Lipinski definition) is 8. The van der Waals surface area contributed by atoms with E-state index in [1.54, 1.807) is 35.0 Å². The number of nitrogen functional groups attached to an aromatic ring is 1. The van der Waals surface area contributed by atoms with Gasteiger partial charge in [-0.25, -0.2) is 4.98 Å². The molecule has 0 spiro atoms. The van der Waals surface area contributed by atoms with Crippen LogP contribution in [0.25, 0.3) is 0 Å². The van der Waals surface area contributed by atoms with Gasteiger partial charge in [0.05, 0.1) is 17.8 Å². The van der Waals surface area contributed by atoms with Crippen molar-refractivity contribution in [2.24, 2.45) is 0 Å². The van der Waals surface area contributed by atoms with Gasteiger partial charge in [-0.05, 0) is 19.1 Å². The molecule has 0 atom stereocenters. The van der Waals surface area contributed by atoms with Crippen molar-refractivity contribution in [2.45, 2.75) is 13.3 Å². The second-order valence-corrected chi connectivity index (χ2v) is 6.72. The van der Waals surface area contributed by atoms with Crippen LogP contribution in [0.2, 0.25) is 0 Å². The third-order valence-corrected chi connectivity index (χ3v) is 4.82. The van der Waals surface area contributed by atoms with Gasteiger partial charge in [0, 0.05) is 28.6 Å². The number of anilines is 2. The van der Waals surface area contributed by atoms with E-state index in [9.17, 15) is 4.79 Å². The summed E-state index contributed by atoms with van der Waals surface area (Å²) in [6.07, 6.45) is 0.762. The number of carbonyl (C=O) groups excluding carboxylic acids is 1. The second kappa shape index (κ2) is 7.37. The van der Waals surface area contributed by atoms with Crippen molar-refractivity contribution in [2.75, 3.05) is 17.7 Å². The molecule has 0 radical (unpaired) electrons. The Hall–Kier alpha value is -2.52. The Morgan fingerprint density at radius 2 is 2.17 bits per heavy atom. The summed E-state index contributed by atoms with van der Waals surface area (Å²) in [7, 11) is 0. The van der Waals surface area contributed by atoms with Crippen LogP contribution in [0.15, 0.2) is 29.2 Å². The minimum absolute atomic E-state index is 0.304. The Bertz CT molecular complexity index is 832. The predicted molar refractivity (Wildman–Crippen MR) is 94.8 cm³/mol. The van der Waals surface area contributed by atoms with Crippen LogP contribution in [0.5, 0.6) is 5.75 Å². The first-order chi connectivity index (χ1) is 11.6. The molecular weight excluding hydrogens is 346 g/mol. The molecule has 7 nitrogen and oxygen atoms in total. The fourth-order valence-electron chi connectivity index (χ4n) is 2.06. The van der Waals surface area contributed by atoms with Crippen LogP contribution in [0.3, 0.4) is 0 Å². The Kier molecular flexibility index (Phi) is 5.02. The number of ether oxygens (including phenoxy) is 1. The summed E-state index contributed by atoms with van der Waals surface area (Å²) in [4.78, 5) is 17.6. The maximum Gasteiger partial charge on any atom is 0.257 e. The minimum Gasteiger partial charge on any atom is -0.493 e. The van der Waals surface area contributed by atoms with Gasteiger partial charge >= 0.3 is 0 Å². The number of hydrogen-bond donors (Lipinski definition) is 2. The van der Waals surface area contributed by atoms with Crippen LogP contribution in [0, 0.1) is 6.92 Å². The Morgan fingerprint density at radius 1 is 1.29 bits per heavy atom. The molecule has 2 heterocycles. The van der Waals surface area contributed by atoms with Crippen molar-refractivity contribution in [3.8, 4) is 5.75 Å². The largest absolute Gasteiger partial charge is 0.493 e. The summed E-state index contributed by atoms with van der Waals surface area (Å²) < 4.78 is 5.73. The first kappa shape index (κ1) is 16.3. The van der Waals surface area contributed by atoms with Crippen molar-refractivity contribution < 1.29 is 9.53 Å². The zero-order valence-electron chi connectivity index (χ0n) is 12.9. The summed E-state index contributed by atoms with van der Waals surface area (Å²) >= 11 is 2.85. The number of rotatable bonds is 6. The monoisotopic (exact) mass is 361 g/mol. The molecule has 124 valence electrons. The molecular formula is C15H15N5O2S2. The molecule has 0 aliphatic carbocycles. The molecule has 0 aliphatic rings. The summed E-state index contributed by atoms with van der Waals surface area (Å²) in [6, 6.07) is 4.95. The zero-order chi connectivity index (χ0) is 16.9. The highest BCUT2D eigenvalue weighted by Crippen LogP contribution is 2.21. The van der Waals surface area contributed by atoms with Crippen LogP contribution in [-0.4, -0.2) is 27.7 Å². The molecule has 0 fully saturated rings. The zero-order valence-corrected chi connectivity index (χ0v) is 14.5. The average molecular weight is 361 g/mol. The first-order valence-corrected chi connectivity index (χ1v) is 8.87. The van der Waals surface area contributed by atoms with Crippen molar-refractivity contribution in [3.05, 3.63) is 45.4 Å². The summed E-state index contributed by atoms with van der Waals surface area (Å²) in [5.74, 6) is 0.252. The highest BCUT2D eigenvalue weighted by molar-refractivity contribution is 7.13. The lowest BCUT2D eigenvalue weighted by atomic mass is 10.2. The van der Waals surface area contributed by atoms with Crippen molar-refractivity contribution in [1.82, 2.24) is 15.2 Å². The third kappa shape index (κ3) is 4.06. The number of thiazole rings is 1. The van der Waals surface area contributed by atoms with Gasteiger partial charge in [-0.3, -0.25) is 10.1 Å². The number of carbonyl (C=O) groups is 1. The quantitative estimate of drug-likeness (QED) is 0.654. The maximum absolute atomic E-state index is 12.2. The molecule has 3 aromatic rings. The van der Waals surface area contributed by atoms with Crippen LogP contribution in [-0.2, 0) is 6.42 Å². The van der Waals surface area contributed by atoms with Crippen molar-refractivity contribution >= 4 is 39.4 Å². The highest BCUT2D eigenvalue weighted by Gasteiger charge is 2.11. The number of aryl methyl sites for hydroxylation is 1. The molecule has 24 heavy (non-hydrogen) atoms. The number of nitrogens with zero attached hydrogens (tertiary/aromatic N) is 3. The van der Waals surface area contributed by atoms with E-state index in [0.29, 0.717) is 28.7 Å². The van der Waals surface area contributed by atoms with Gasteiger partial charge in [-0.15, -0.1) is 21.5 Å². The first-order valence-electron chi connectivity index (χ1n) is 7.11. The van der Waals surface area contributed by atoms with Crippen molar-refractivity contribution in [1.29, 1.82) is 0 Å². The fraction of sp³-hybridized carbons (Fsp3) is 0.200. The van der Waals surface area contributed by atoms with Gasteiger partial charge in [-0.1, -0.05) is 11.3 Å². The summed E-state index contributed by atoms with van der Waals surface area (Å²) in [6.45, 7) is 2.46. The number of amides is 1. The Morgan fingerprint density at radius 3 is 2.88 bits per heavy atom. The van der Waals surface area contributed by atoms with Crippen LogP contribution < -0.4 is 15.8 Å². The standard InChI is InChI=1S/C15H15N5O2S2/c1-9-13(23-7-17-9)2-3-22-12-5-10(4-11(16)6-12)14(21)19-15-20-18-8-24-15/h4-8H,2-3,16H2,1H3,(H,19,20,21). The van der Waals surface area contributed by atoms with E-state index >= 15 is 0 Å². The van der Waals surface area contributed by atoms with Gasteiger partial charge < -0.3 is 10.5 Å². The molecule has 9 heteroatoms. The molecule has 0 saturated heterocycles. The number of nitrogens with two attached hydrogens (primary N) is 1. The van der Waals surface area contributed by atoms with E-state index in [-0.39, 0.29) is 5.91 Å². The third-order valence-electron chi connectivity index (χ3n) is 3.21. The topological polar surface area (TPSA) is 103 Å². The average Bonchev–Trinajstić information content (AvgIpc) is 3.19.